The van der Waals surface area contributed by atoms with Gasteiger partial charge in [0, 0.05) is 57.7 Å². The van der Waals surface area contributed by atoms with Crippen molar-refractivity contribution in [2.75, 3.05) is 34.8 Å². The summed E-state index contributed by atoms with van der Waals surface area (Å²) in [6.07, 6.45) is 4.21. The molecule has 3 aromatic heterocycles. The number of nitrogens with one attached hydrogen (secondary N) is 3. The molecule has 1 aromatic carbocycles. The molecule has 13 heteroatoms. The quantitative estimate of drug-likeness (QED) is 0.305. The number of pyridine rings is 2. The van der Waals surface area contributed by atoms with Gasteiger partial charge in [0.2, 0.25) is 0 Å². The molecule has 37 heavy (non-hydrogen) atoms. The van der Waals surface area contributed by atoms with Crippen molar-refractivity contribution in [3.8, 4) is 5.75 Å². The molecule has 5 rings (SSSR count). The average molecular weight is 560 g/mol. The molecular formula is C24H23Cl2N7O3S. The lowest BCUT2D eigenvalue weighted by Crippen LogP contribution is -2.39. The monoisotopic (exact) mass is 559 g/mol. The largest absolute Gasteiger partial charge is 0.486 e. The van der Waals surface area contributed by atoms with Gasteiger partial charge in [-0.05, 0) is 37.3 Å². The lowest BCUT2D eigenvalue weighted by atomic mass is 10.1. The number of fused-ring (bicyclic) bond motifs is 1. The van der Waals surface area contributed by atoms with Gasteiger partial charge in [0.25, 0.3) is 5.91 Å². The third-order valence-electron chi connectivity index (χ3n) is 6.10. The maximum atomic E-state index is 13.0. The predicted octanol–water partition coefficient (Wildman–Crippen LogP) is 4.92. The number of hydrogen-bond donors (Lipinski definition) is 3. The first-order chi connectivity index (χ1) is 17.7. The van der Waals surface area contributed by atoms with E-state index in [0.29, 0.717) is 62.7 Å². The zero-order valence-corrected chi connectivity index (χ0v) is 22.0. The van der Waals surface area contributed by atoms with Crippen molar-refractivity contribution in [3.63, 3.8) is 0 Å². The maximum absolute atomic E-state index is 13.0. The van der Waals surface area contributed by atoms with Crippen LogP contribution in [0.2, 0.25) is 10.0 Å². The van der Waals surface area contributed by atoms with E-state index in [4.69, 9.17) is 32.7 Å². The number of benzene rings is 1. The highest BCUT2D eigenvalue weighted by Crippen LogP contribution is 2.33. The van der Waals surface area contributed by atoms with E-state index in [1.54, 1.807) is 30.5 Å². The molecule has 0 radical (unpaired) electrons. The molecule has 1 amide bonds. The molecule has 4 heterocycles. The molecular weight excluding hydrogens is 537 g/mol. The fourth-order valence-corrected chi connectivity index (χ4v) is 6.03. The van der Waals surface area contributed by atoms with E-state index in [9.17, 15) is 9.00 Å². The summed E-state index contributed by atoms with van der Waals surface area (Å²) < 4.78 is 25.7. The van der Waals surface area contributed by atoms with Crippen LogP contribution in [0.15, 0.2) is 48.9 Å². The fraction of sp³-hybridized carbons (Fsp3) is 0.250. The maximum Gasteiger partial charge on any atom is 0.277 e. The molecule has 0 spiro atoms. The van der Waals surface area contributed by atoms with Gasteiger partial charge in [0.1, 0.15) is 17.7 Å². The second kappa shape index (κ2) is 10.2. The Morgan fingerprint density at radius 2 is 1.89 bits per heavy atom. The molecule has 0 saturated carbocycles. The summed E-state index contributed by atoms with van der Waals surface area (Å²) in [7, 11) is -2.47. The molecule has 10 nitrogen and oxygen atoms in total. The summed E-state index contributed by atoms with van der Waals surface area (Å²) in [5.41, 5.74) is 2.34. The molecule has 4 aromatic rings. The molecule has 0 bridgehead atoms. The number of ether oxygens (including phenoxy) is 1. The van der Waals surface area contributed by atoms with Crippen LogP contribution in [0.3, 0.4) is 0 Å². The summed E-state index contributed by atoms with van der Waals surface area (Å²) in [4.78, 5) is 23.4. The van der Waals surface area contributed by atoms with Gasteiger partial charge >= 0.3 is 0 Å². The van der Waals surface area contributed by atoms with Crippen LogP contribution in [-0.2, 0) is 9.73 Å². The predicted molar refractivity (Wildman–Crippen MR) is 144 cm³/mol. The number of H-pyrrole nitrogens is 1. The van der Waals surface area contributed by atoms with E-state index in [1.165, 1.54) is 12.4 Å². The van der Waals surface area contributed by atoms with E-state index < -0.39 is 21.7 Å². The SMILES string of the molecule is CC(Oc1ccc2[nH]nc(C(=O)Nc3ccc(N4CCS(=N)(=O)CC4)cn3)c2c1)c1c(Cl)cncc1Cl. The van der Waals surface area contributed by atoms with Gasteiger partial charge in [-0.25, -0.2) is 9.19 Å². The number of rotatable bonds is 6. The zero-order chi connectivity index (χ0) is 26.2. The summed E-state index contributed by atoms with van der Waals surface area (Å²) in [6.45, 7) is 2.90. The smallest absolute Gasteiger partial charge is 0.277 e. The van der Waals surface area contributed by atoms with Crippen molar-refractivity contribution in [2.24, 2.45) is 0 Å². The van der Waals surface area contributed by atoms with Gasteiger partial charge in [0.15, 0.2) is 5.69 Å². The minimum Gasteiger partial charge on any atom is -0.486 e. The van der Waals surface area contributed by atoms with Crippen molar-refractivity contribution in [1.82, 2.24) is 20.2 Å². The molecule has 1 atom stereocenters. The average Bonchev–Trinajstić information content (AvgIpc) is 3.28. The van der Waals surface area contributed by atoms with E-state index in [1.807, 2.05) is 17.9 Å². The number of anilines is 2. The summed E-state index contributed by atoms with van der Waals surface area (Å²) in [6, 6.07) is 8.81. The molecule has 192 valence electrons. The van der Waals surface area contributed by atoms with E-state index >= 15 is 0 Å². The van der Waals surface area contributed by atoms with Gasteiger partial charge in [-0.2, -0.15) is 5.10 Å². The molecule has 0 aliphatic carbocycles. The lowest BCUT2D eigenvalue weighted by Gasteiger charge is -2.29. The highest BCUT2D eigenvalue weighted by atomic mass is 35.5. The Balaban J connectivity index is 1.30. The number of carbonyl (C=O) groups is 1. The Hall–Kier alpha value is -3.41. The third kappa shape index (κ3) is 5.48. The topological polar surface area (TPSA) is 137 Å². The Kier molecular flexibility index (Phi) is 6.93. The van der Waals surface area contributed by atoms with E-state index in [-0.39, 0.29) is 5.69 Å². The van der Waals surface area contributed by atoms with Crippen LogP contribution in [-0.4, -0.2) is 54.9 Å². The number of hydrogen-bond acceptors (Lipinski definition) is 8. The third-order valence-corrected chi connectivity index (χ3v) is 8.38. The molecule has 1 aliphatic rings. The van der Waals surface area contributed by atoms with Crippen molar-refractivity contribution in [2.45, 2.75) is 13.0 Å². The Morgan fingerprint density at radius 1 is 1.16 bits per heavy atom. The first kappa shape index (κ1) is 25.2. The number of halogens is 2. The minimum absolute atomic E-state index is 0.195. The second-order valence-corrected chi connectivity index (χ2v) is 11.9. The number of amides is 1. The molecule has 1 aliphatic heterocycles. The summed E-state index contributed by atoms with van der Waals surface area (Å²) in [5.74, 6) is 1.13. The Morgan fingerprint density at radius 3 is 2.57 bits per heavy atom. The number of carbonyl (C=O) groups excluding carboxylic acids is 1. The highest BCUT2D eigenvalue weighted by molar-refractivity contribution is 7.92. The van der Waals surface area contributed by atoms with Gasteiger partial charge in [-0.3, -0.25) is 19.7 Å². The van der Waals surface area contributed by atoms with Gasteiger partial charge < -0.3 is 15.0 Å². The van der Waals surface area contributed by atoms with Crippen LogP contribution in [0.25, 0.3) is 10.9 Å². The van der Waals surface area contributed by atoms with Crippen LogP contribution >= 0.6 is 23.2 Å². The van der Waals surface area contributed by atoms with Crippen LogP contribution in [0.4, 0.5) is 11.5 Å². The van der Waals surface area contributed by atoms with Gasteiger partial charge in [-0.15, -0.1) is 0 Å². The van der Waals surface area contributed by atoms with E-state index in [0.717, 1.165) is 5.69 Å². The van der Waals surface area contributed by atoms with Gasteiger partial charge in [0.05, 0.1) is 27.4 Å². The van der Waals surface area contributed by atoms with Crippen molar-refractivity contribution in [1.29, 1.82) is 4.78 Å². The summed E-state index contributed by atoms with van der Waals surface area (Å²) in [5, 5.41) is 11.2. The van der Waals surface area contributed by atoms with Crippen LogP contribution in [0.1, 0.15) is 29.1 Å². The Bertz CT molecular complexity index is 1540. The highest BCUT2D eigenvalue weighted by Gasteiger charge is 2.21. The zero-order valence-electron chi connectivity index (χ0n) is 19.7. The number of aromatic amines is 1. The van der Waals surface area contributed by atoms with Crippen LogP contribution in [0, 0.1) is 4.78 Å². The van der Waals surface area contributed by atoms with Crippen LogP contribution < -0.4 is 15.0 Å². The molecule has 1 saturated heterocycles. The number of aromatic nitrogens is 4. The molecule has 3 N–H and O–H groups in total. The number of nitrogens with zero attached hydrogens (tertiary/aromatic N) is 4. The van der Waals surface area contributed by atoms with Crippen molar-refractivity contribution < 1.29 is 13.7 Å². The van der Waals surface area contributed by atoms with Gasteiger partial charge in [-0.1, -0.05) is 23.2 Å². The normalized spacial score (nSPS) is 15.9. The summed E-state index contributed by atoms with van der Waals surface area (Å²) >= 11 is 12.5. The fourth-order valence-electron chi connectivity index (χ4n) is 4.12. The Labute approximate surface area is 223 Å². The van der Waals surface area contributed by atoms with Crippen molar-refractivity contribution in [3.05, 3.63) is 70.2 Å². The second-order valence-electron chi connectivity index (χ2n) is 8.62. The lowest BCUT2D eigenvalue weighted by molar-refractivity contribution is 0.102. The first-order valence-electron chi connectivity index (χ1n) is 11.4. The van der Waals surface area contributed by atoms with Crippen molar-refractivity contribution >= 4 is 61.2 Å². The molecule has 1 unspecified atom stereocenters. The first-order valence-corrected chi connectivity index (χ1v) is 14.1. The van der Waals surface area contributed by atoms with E-state index in [2.05, 4.69) is 25.5 Å². The minimum atomic E-state index is -2.47. The van der Waals surface area contributed by atoms with Crippen LogP contribution in [0.5, 0.6) is 5.75 Å². The standard InChI is InChI=1S/C24H23Cl2N7O3S/c1-14(22-18(25)12-28-13-19(22)26)36-16-3-4-20-17(10-16)23(32-31-20)24(34)30-21-5-2-15(11-29-21)33-6-8-37(27,35)9-7-33/h2-5,10-14,27H,6-9H2,1H3,(H,31,32)(H,29,30,34). The molecule has 1 fully saturated rings.